The van der Waals surface area contributed by atoms with Crippen molar-refractivity contribution in [3.05, 3.63) is 114 Å². The second-order valence-electron chi connectivity index (χ2n) is 7.14. The fourth-order valence-electron chi connectivity index (χ4n) is 4.06. The van der Waals surface area contributed by atoms with Crippen molar-refractivity contribution < 1.29 is 9.90 Å². The Balaban J connectivity index is 1.66. The van der Waals surface area contributed by atoms with Gasteiger partial charge in [0.2, 0.25) is 5.91 Å². The van der Waals surface area contributed by atoms with E-state index in [0.717, 1.165) is 28.1 Å². The van der Waals surface area contributed by atoms with Crippen LogP contribution < -0.4 is 4.90 Å². The molecule has 0 saturated heterocycles. The number of anilines is 2. The molecule has 5 rings (SSSR count). The quantitative estimate of drug-likeness (QED) is 0.485. The number of amides is 1. The third kappa shape index (κ3) is 2.88. The van der Waals surface area contributed by atoms with Crippen LogP contribution in [0.3, 0.4) is 0 Å². The summed E-state index contributed by atoms with van der Waals surface area (Å²) in [6.07, 6.45) is 0. The minimum atomic E-state index is -0.546. The summed E-state index contributed by atoms with van der Waals surface area (Å²) < 4.78 is 0. The number of fused-ring (bicyclic) bond motifs is 1. The molecule has 1 heterocycles. The van der Waals surface area contributed by atoms with E-state index in [0.29, 0.717) is 5.56 Å². The number of aromatic hydroxyl groups is 1. The fraction of sp³-hybridized carbons (Fsp3) is 0.0385. The number of rotatable bonds is 3. The van der Waals surface area contributed by atoms with Crippen molar-refractivity contribution in [3.63, 3.8) is 0 Å². The molecule has 1 atom stereocenters. The van der Waals surface area contributed by atoms with Gasteiger partial charge in [0.05, 0.1) is 11.6 Å². The van der Waals surface area contributed by atoms with Gasteiger partial charge in [0.1, 0.15) is 5.75 Å². The monoisotopic (exact) mass is 377 g/mol. The number of carbonyl (C=O) groups is 1. The average Bonchev–Trinajstić information content (AvgIpc) is 3.07. The minimum absolute atomic E-state index is 0.0575. The molecule has 0 aromatic heterocycles. The SMILES string of the molecule is O=C1C(c2cc(-c3ccccc3)ccc2O)c2ccccc2N1c1ccccc1. The Morgan fingerprint density at radius 1 is 0.655 bits per heavy atom. The van der Waals surface area contributed by atoms with Gasteiger partial charge in [0.25, 0.3) is 0 Å². The van der Waals surface area contributed by atoms with E-state index < -0.39 is 5.92 Å². The molecule has 0 aliphatic carbocycles. The molecule has 0 radical (unpaired) electrons. The lowest BCUT2D eigenvalue weighted by molar-refractivity contribution is -0.117. The molecular weight excluding hydrogens is 358 g/mol. The van der Waals surface area contributed by atoms with Gasteiger partial charge in [-0.25, -0.2) is 0 Å². The first-order valence-corrected chi connectivity index (χ1v) is 9.60. The van der Waals surface area contributed by atoms with E-state index in [9.17, 15) is 9.90 Å². The van der Waals surface area contributed by atoms with E-state index in [4.69, 9.17) is 0 Å². The maximum Gasteiger partial charge on any atom is 0.243 e. The van der Waals surface area contributed by atoms with Crippen LogP contribution in [0.15, 0.2) is 103 Å². The van der Waals surface area contributed by atoms with E-state index in [2.05, 4.69) is 0 Å². The van der Waals surface area contributed by atoms with Gasteiger partial charge in [-0.15, -0.1) is 0 Å². The number of hydrogen-bond donors (Lipinski definition) is 1. The molecule has 0 fully saturated rings. The Labute approximate surface area is 169 Å². The molecule has 1 amide bonds. The lowest BCUT2D eigenvalue weighted by Crippen LogP contribution is -2.24. The van der Waals surface area contributed by atoms with Crippen LogP contribution >= 0.6 is 0 Å². The van der Waals surface area contributed by atoms with Gasteiger partial charge >= 0.3 is 0 Å². The summed E-state index contributed by atoms with van der Waals surface area (Å²) in [5.41, 5.74) is 5.24. The van der Waals surface area contributed by atoms with Gasteiger partial charge in [-0.05, 0) is 47.0 Å². The van der Waals surface area contributed by atoms with Crippen LogP contribution in [-0.2, 0) is 4.79 Å². The second kappa shape index (κ2) is 6.95. The van der Waals surface area contributed by atoms with E-state index in [1.165, 1.54) is 0 Å². The van der Waals surface area contributed by atoms with E-state index in [1.807, 2.05) is 97.1 Å². The Hall–Kier alpha value is -3.85. The summed E-state index contributed by atoms with van der Waals surface area (Å²) in [6, 6.07) is 32.9. The van der Waals surface area contributed by atoms with Crippen molar-refractivity contribution in [3.8, 4) is 16.9 Å². The Bertz CT molecular complexity index is 1190. The minimum Gasteiger partial charge on any atom is -0.508 e. The van der Waals surface area contributed by atoms with E-state index in [1.54, 1.807) is 11.0 Å². The highest BCUT2D eigenvalue weighted by Crippen LogP contribution is 2.47. The Kier molecular flexibility index (Phi) is 4.14. The second-order valence-corrected chi connectivity index (χ2v) is 7.14. The first-order valence-electron chi connectivity index (χ1n) is 9.60. The Morgan fingerprint density at radius 3 is 2.07 bits per heavy atom. The summed E-state index contributed by atoms with van der Waals surface area (Å²) in [6.45, 7) is 0. The first kappa shape index (κ1) is 17.3. The van der Waals surface area contributed by atoms with E-state index >= 15 is 0 Å². The predicted octanol–water partition coefficient (Wildman–Crippen LogP) is 5.87. The summed E-state index contributed by atoms with van der Waals surface area (Å²) in [7, 11) is 0. The number of hydrogen-bond acceptors (Lipinski definition) is 2. The molecule has 3 nitrogen and oxygen atoms in total. The van der Waals surface area contributed by atoms with Crippen LogP contribution in [0.25, 0.3) is 11.1 Å². The highest BCUT2D eigenvalue weighted by atomic mass is 16.3. The zero-order valence-corrected chi connectivity index (χ0v) is 15.7. The molecule has 0 spiro atoms. The van der Waals surface area contributed by atoms with Crippen LogP contribution in [0.4, 0.5) is 11.4 Å². The van der Waals surface area contributed by atoms with Crippen molar-refractivity contribution in [2.75, 3.05) is 4.90 Å². The number of para-hydroxylation sites is 2. The third-order valence-corrected chi connectivity index (χ3v) is 5.42. The molecule has 140 valence electrons. The average molecular weight is 377 g/mol. The zero-order chi connectivity index (χ0) is 19.8. The molecule has 1 unspecified atom stereocenters. The van der Waals surface area contributed by atoms with Gasteiger partial charge in [0.15, 0.2) is 0 Å². The van der Waals surface area contributed by atoms with Gasteiger partial charge in [0, 0.05) is 11.3 Å². The lowest BCUT2D eigenvalue weighted by Gasteiger charge is -2.18. The number of benzene rings is 4. The topological polar surface area (TPSA) is 40.5 Å². The van der Waals surface area contributed by atoms with Crippen LogP contribution in [0.1, 0.15) is 17.0 Å². The molecule has 4 aromatic carbocycles. The lowest BCUT2D eigenvalue weighted by atomic mass is 9.89. The molecular formula is C26H19NO2. The molecule has 0 bridgehead atoms. The molecule has 29 heavy (non-hydrogen) atoms. The van der Waals surface area contributed by atoms with Crippen molar-refractivity contribution >= 4 is 17.3 Å². The summed E-state index contributed by atoms with van der Waals surface area (Å²) in [4.78, 5) is 15.3. The highest BCUT2D eigenvalue weighted by Gasteiger charge is 2.40. The van der Waals surface area contributed by atoms with Gasteiger partial charge < -0.3 is 5.11 Å². The number of carbonyl (C=O) groups excluding carboxylic acids is 1. The maximum absolute atomic E-state index is 13.6. The molecule has 1 aliphatic rings. The van der Waals surface area contributed by atoms with Crippen LogP contribution in [0.2, 0.25) is 0 Å². The van der Waals surface area contributed by atoms with Crippen LogP contribution in [0, 0.1) is 0 Å². The molecule has 1 aliphatic heterocycles. The highest BCUT2D eigenvalue weighted by molar-refractivity contribution is 6.12. The zero-order valence-electron chi connectivity index (χ0n) is 15.7. The standard InChI is InChI=1S/C26H19NO2/c28-24-16-15-19(18-9-3-1-4-10-18)17-22(24)25-21-13-7-8-14-23(21)27(26(25)29)20-11-5-2-6-12-20/h1-17,25,28H. The predicted molar refractivity (Wildman–Crippen MR) is 115 cm³/mol. The fourth-order valence-corrected chi connectivity index (χ4v) is 4.06. The van der Waals surface area contributed by atoms with E-state index in [-0.39, 0.29) is 11.7 Å². The summed E-state index contributed by atoms with van der Waals surface area (Å²) >= 11 is 0. The van der Waals surface area contributed by atoms with Crippen molar-refractivity contribution in [2.24, 2.45) is 0 Å². The van der Waals surface area contributed by atoms with Gasteiger partial charge in [-0.3, -0.25) is 9.69 Å². The van der Waals surface area contributed by atoms with Crippen molar-refractivity contribution in [2.45, 2.75) is 5.92 Å². The smallest absolute Gasteiger partial charge is 0.243 e. The molecule has 4 aromatic rings. The molecule has 0 saturated carbocycles. The largest absolute Gasteiger partial charge is 0.508 e. The van der Waals surface area contributed by atoms with Crippen LogP contribution in [-0.4, -0.2) is 11.0 Å². The Morgan fingerprint density at radius 2 is 1.31 bits per heavy atom. The normalized spacial score (nSPS) is 15.4. The van der Waals surface area contributed by atoms with Gasteiger partial charge in [-0.1, -0.05) is 72.8 Å². The summed E-state index contributed by atoms with van der Waals surface area (Å²) in [5.74, 6) is -0.472. The first-order chi connectivity index (χ1) is 14.2. The number of nitrogens with zero attached hydrogens (tertiary/aromatic N) is 1. The van der Waals surface area contributed by atoms with Crippen LogP contribution in [0.5, 0.6) is 5.75 Å². The van der Waals surface area contributed by atoms with Gasteiger partial charge in [-0.2, -0.15) is 0 Å². The maximum atomic E-state index is 13.6. The molecule has 3 heteroatoms. The van der Waals surface area contributed by atoms with Crippen molar-refractivity contribution in [1.29, 1.82) is 0 Å². The van der Waals surface area contributed by atoms with Crippen molar-refractivity contribution in [1.82, 2.24) is 0 Å². The third-order valence-electron chi connectivity index (χ3n) is 5.42. The number of phenolic OH excluding ortho intramolecular Hbond substituents is 1. The number of phenols is 1. The summed E-state index contributed by atoms with van der Waals surface area (Å²) in [5, 5.41) is 10.7. The molecule has 1 N–H and O–H groups in total.